The van der Waals surface area contributed by atoms with Gasteiger partial charge in [-0.25, -0.2) is 0 Å². The van der Waals surface area contributed by atoms with Crippen molar-refractivity contribution in [3.05, 3.63) is 48.5 Å². The van der Waals surface area contributed by atoms with Crippen molar-refractivity contribution >= 4 is 27.2 Å². The Bertz CT molecular complexity index is 921. The highest BCUT2D eigenvalue weighted by Gasteiger charge is 2.22. The summed E-state index contributed by atoms with van der Waals surface area (Å²) < 4.78 is 31.2. The molecule has 0 aromatic heterocycles. The van der Waals surface area contributed by atoms with E-state index in [0.717, 1.165) is 18.8 Å². The Labute approximate surface area is 174 Å². The monoisotopic (exact) mass is 417 g/mol. The number of azo groups is 1. The van der Waals surface area contributed by atoms with Crippen molar-refractivity contribution in [2.45, 2.75) is 46.4 Å². The lowest BCUT2D eigenvalue weighted by molar-refractivity contribution is 0.357. The first-order chi connectivity index (χ1) is 13.2. The van der Waals surface area contributed by atoms with Crippen molar-refractivity contribution in [1.82, 2.24) is 0 Å². The zero-order chi connectivity index (χ0) is 21.9. The topological polar surface area (TPSA) is 82.3 Å². The summed E-state index contributed by atoms with van der Waals surface area (Å²) in [6.45, 7) is 15.3. The van der Waals surface area contributed by atoms with Gasteiger partial charge in [0.25, 0.3) is 10.1 Å². The molecular weight excluding hydrogens is 386 g/mol. The van der Waals surface area contributed by atoms with Gasteiger partial charge in [0.05, 0.1) is 16.3 Å². The van der Waals surface area contributed by atoms with Gasteiger partial charge < -0.3 is 4.90 Å². The molecule has 0 bridgehead atoms. The van der Waals surface area contributed by atoms with Crippen LogP contribution in [0.5, 0.6) is 0 Å². The van der Waals surface area contributed by atoms with Crippen LogP contribution in [0.25, 0.3) is 0 Å². The van der Waals surface area contributed by atoms with Crippen molar-refractivity contribution in [1.29, 1.82) is 0 Å². The first kappa shape index (κ1) is 23.0. The zero-order valence-corrected chi connectivity index (χ0v) is 18.9. The Balaban J connectivity index is 2.16. The van der Waals surface area contributed by atoms with Gasteiger partial charge in [-0.1, -0.05) is 41.5 Å². The molecule has 0 aliphatic carbocycles. The van der Waals surface area contributed by atoms with Crippen LogP contribution >= 0.6 is 0 Å². The van der Waals surface area contributed by atoms with Gasteiger partial charge in [-0.05, 0) is 59.4 Å². The van der Waals surface area contributed by atoms with E-state index in [1.165, 1.54) is 24.3 Å². The minimum atomic E-state index is -4.20. The molecule has 7 heteroatoms. The molecule has 158 valence electrons. The molecule has 6 nitrogen and oxygen atoms in total. The summed E-state index contributed by atoms with van der Waals surface area (Å²) in [5.74, 6) is 0. The van der Waals surface area contributed by atoms with Crippen LogP contribution in [-0.2, 0) is 10.1 Å². The molecule has 0 heterocycles. The van der Waals surface area contributed by atoms with Crippen LogP contribution in [0.3, 0.4) is 0 Å². The normalized spacial score (nSPS) is 13.1. The lowest BCUT2D eigenvalue weighted by atomic mass is 9.91. The molecule has 1 N–H and O–H groups in total. The molecule has 2 aromatic carbocycles. The molecule has 29 heavy (non-hydrogen) atoms. The number of anilines is 1. The molecule has 0 aliphatic rings. The van der Waals surface area contributed by atoms with E-state index < -0.39 is 10.1 Å². The maximum atomic E-state index is 11.1. The van der Waals surface area contributed by atoms with E-state index in [1.807, 2.05) is 24.3 Å². The van der Waals surface area contributed by atoms with Gasteiger partial charge in [0.2, 0.25) is 0 Å². The smallest absolute Gasteiger partial charge is 0.294 e. The fraction of sp³-hybridized carbons (Fsp3) is 0.455. The maximum absolute atomic E-state index is 11.1. The first-order valence-corrected chi connectivity index (χ1v) is 11.0. The third-order valence-electron chi connectivity index (χ3n) is 3.96. The van der Waals surface area contributed by atoms with Gasteiger partial charge in [-0.15, -0.1) is 0 Å². The molecule has 0 aliphatic heterocycles. The van der Waals surface area contributed by atoms with Crippen molar-refractivity contribution in [3.63, 3.8) is 0 Å². The molecule has 0 saturated carbocycles. The lowest BCUT2D eigenvalue weighted by Crippen LogP contribution is -2.38. The van der Waals surface area contributed by atoms with E-state index in [1.54, 1.807) is 0 Å². The van der Waals surface area contributed by atoms with E-state index in [-0.39, 0.29) is 15.7 Å². The Kier molecular flexibility index (Phi) is 6.86. The summed E-state index contributed by atoms with van der Waals surface area (Å²) in [5, 5.41) is 8.34. The largest absolute Gasteiger partial charge is 0.370 e. The molecule has 0 atom stereocenters. The third-order valence-corrected chi connectivity index (χ3v) is 4.83. The minimum Gasteiger partial charge on any atom is -0.370 e. The van der Waals surface area contributed by atoms with Gasteiger partial charge in [-0.3, -0.25) is 4.55 Å². The quantitative estimate of drug-likeness (QED) is 0.445. The highest BCUT2D eigenvalue weighted by Crippen LogP contribution is 2.28. The number of hydrogen-bond donors (Lipinski definition) is 1. The molecule has 0 radical (unpaired) electrons. The SMILES string of the molecule is CC(C)(C)CN(CC(C)(C)C)c1ccc(N=Nc2ccc(S(=O)(=O)O)cc2)cc1. The standard InChI is InChI=1S/C22H31N3O3S/c1-21(2,3)15-25(16-22(4,5)6)19-11-7-17(8-12-19)23-24-18-9-13-20(14-10-18)29(26,27)28/h7-14H,15-16H2,1-6H3,(H,26,27,28). The average Bonchev–Trinajstić information content (AvgIpc) is 2.57. The highest BCUT2D eigenvalue weighted by molar-refractivity contribution is 7.85. The second-order valence-electron chi connectivity index (χ2n) is 9.66. The fourth-order valence-corrected chi connectivity index (χ4v) is 3.39. The first-order valence-electron chi connectivity index (χ1n) is 9.57. The van der Waals surface area contributed by atoms with Gasteiger partial charge in [-0.2, -0.15) is 18.6 Å². The van der Waals surface area contributed by atoms with Crippen molar-refractivity contribution in [3.8, 4) is 0 Å². The van der Waals surface area contributed by atoms with Gasteiger partial charge in [0, 0.05) is 18.8 Å². The van der Waals surface area contributed by atoms with E-state index in [0.29, 0.717) is 11.4 Å². The summed E-state index contributed by atoms with van der Waals surface area (Å²) in [5.41, 5.74) is 2.71. The average molecular weight is 418 g/mol. The molecule has 0 amide bonds. The Morgan fingerprint density at radius 2 is 1.14 bits per heavy atom. The molecular formula is C22H31N3O3S. The van der Waals surface area contributed by atoms with E-state index in [4.69, 9.17) is 4.55 Å². The second-order valence-corrected chi connectivity index (χ2v) is 11.1. The van der Waals surface area contributed by atoms with E-state index in [2.05, 4.69) is 56.7 Å². The van der Waals surface area contributed by atoms with Crippen LogP contribution in [0.2, 0.25) is 0 Å². The molecule has 2 aromatic rings. The number of hydrogen-bond acceptors (Lipinski definition) is 5. The molecule has 2 rings (SSSR count). The lowest BCUT2D eigenvalue weighted by Gasteiger charge is -2.36. The molecule has 0 fully saturated rings. The second kappa shape index (κ2) is 8.63. The van der Waals surface area contributed by atoms with Crippen molar-refractivity contribution in [2.75, 3.05) is 18.0 Å². The van der Waals surface area contributed by atoms with Gasteiger partial charge in [0.15, 0.2) is 0 Å². The molecule has 0 unspecified atom stereocenters. The van der Waals surface area contributed by atoms with Gasteiger partial charge >= 0.3 is 0 Å². The van der Waals surface area contributed by atoms with Crippen LogP contribution in [0.4, 0.5) is 17.1 Å². The summed E-state index contributed by atoms with van der Waals surface area (Å²) in [6.07, 6.45) is 0. The summed E-state index contributed by atoms with van der Waals surface area (Å²) in [6, 6.07) is 13.5. The number of benzene rings is 2. The van der Waals surface area contributed by atoms with Crippen LogP contribution in [0, 0.1) is 10.8 Å². The zero-order valence-electron chi connectivity index (χ0n) is 18.0. The third kappa shape index (κ3) is 7.95. The predicted octanol–water partition coefficient (Wildman–Crippen LogP) is 6.25. The van der Waals surface area contributed by atoms with E-state index in [9.17, 15) is 8.42 Å². The highest BCUT2D eigenvalue weighted by atomic mass is 32.2. The van der Waals surface area contributed by atoms with E-state index >= 15 is 0 Å². The molecule has 0 saturated heterocycles. The summed E-state index contributed by atoms with van der Waals surface area (Å²) in [4.78, 5) is 2.23. The number of nitrogens with zero attached hydrogens (tertiary/aromatic N) is 3. The molecule has 0 spiro atoms. The Morgan fingerprint density at radius 1 is 0.759 bits per heavy atom. The van der Waals surface area contributed by atoms with Gasteiger partial charge in [0.1, 0.15) is 0 Å². The minimum absolute atomic E-state index is 0.168. The fourth-order valence-electron chi connectivity index (χ4n) is 2.91. The maximum Gasteiger partial charge on any atom is 0.294 e. The predicted molar refractivity (Wildman–Crippen MR) is 118 cm³/mol. The van der Waals surface area contributed by atoms with Crippen LogP contribution in [0.1, 0.15) is 41.5 Å². The van der Waals surface area contributed by atoms with Crippen LogP contribution in [0.15, 0.2) is 63.7 Å². The Hall–Kier alpha value is -2.25. The van der Waals surface area contributed by atoms with Crippen molar-refractivity contribution < 1.29 is 13.0 Å². The van der Waals surface area contributed by atoms with Crippen LogP contribution in [-0.4, -0.2) is 26.1 Å². The Morgan fingerprint density at radius 3 is 1.48 bits per heavy atom. The van der Waals surface area contributed by atoms with Crippen LogP contribution < -0.4 is 4.90 Å². The number of rotatable bonds is 6. The summed E-state index contributed by atoms with van der Waals surface area (Å²) >= 11 is 0. The summed E-state index contributed by atoms with van der Waals surface area (Å²) in [7, 11) is -4.20. The van der Waals surface area contributed by atoms with Crippen molar-refractivity contribution in [2.24, 2.45) is 21.1 Å².